The molecule has 0 aliphatic carbocycles. The first-order valence-corrected chi connectivity index (χ1v) is 8.00. The van der Waals surface area contributed by atoms with Gasteiger partial charge in [-0.1, -0.05) is 41.9 Å². The molecule has 118 valence electrons. The molecule has 1 aromatic heterocycles. The van der Waals surface area contributed by atoms with Gasteiger partial charge in [-0.25, -0.2) is 4.39 Å². The molecule has 2 N–H and O–H groups in total. The van der Waals surface area contributed by atoms with Crippen LogP contribution in [0.1, 0.15) is 11.3 Å². The Hall–Kier alpha value is -2.10. The van der Waals surface area contributed by atoms with Crippen LogP contribution < -0.4 is 5.32 Å². The van der Waals surface area contributed by atoms with E-state index in [0.29, 0.717) is 11.4 Å². The Bertz CT molecular complexity index is 784. The monoisotopic (exact) mass is 330 g/mol. The summed E-state index contributed by atoms with van der Waals surface area (Å²) >= 11 is 6.00. The lowest BCUT2D eigenvalue weighted by Gasteiger charge is -2.02. The van der Waals surface area contributed by atoms with Crippen molar-refractivity contribution in [3.8, 4) is 11.3 Å². The quantitative estimate of drug-likeness (QED) is 0.679. The average molecular weight is 331 g/mol. The standard InChI is InChI=1S/C19H17ClFNO/c20-16-6-3-5-15(12-16)19-9-8-17(23-19)13-22-11-10-14-4-1-2-7-18(14)21/h1-9,12,22H,10-11,13H2/p+1. The van der Waals surface area contributed by atoms with E-state index in [1.54, 1.807) is 6.07 Å². The van der Waals surface area contributed by atoms with Crippen LogP contribution in [0.3, 0.4) is 0 Å². The number of rotatable bonds is 6. The molecule has 0 bridgehead atoms. The van der Waals surface area contributed by atoms with E-state index in [-0.39, 0.29) is 5.82 Å². The van der Waals surface area contributed by atoms with Crippen molar-refractivity contribution in [1.82, 2.24) is 0 Å². The van der Waals surface area contributed by atoms with Crippen LogP contribution in [0.4, 0.5) is 4.39 Å². The van der Waals surface area contributed by atoms with Crippen molar-refractivity contribution in [2.45, 2.75) is 13.0 Å². The third-order valence-corrected chi connectivity index (χ3v) is 3.93. The van der Waals surface area contributed by atoms with Gasteiger partial charge in [-0.2, -0.15) is 0 Å². The Balaban J connectivity index is 1.53. The molecule has 0 saturated heterocycles. The molecule has 0 radical (unpaired) electrons. The Labute approximate surface area is 139 Å². The molecule has 0 unspecified atom stereocenters. The lowest BCUT2D eigenvalue weighted by Crippen LogP contribution is -2.83. The van der Waals surface area contributed by atoms with E-state index in [2.05, 4.69) is 5.32 Å². The molecule has 0 spiro atoms. The largest absolute Gasteiger partial charge is 0.455 e. The predicted octanol–water partition coefficient (Wildman–Crippen LogP) is 4.05. The predicted molar refractivity (Wildman–Crippen MR) is 89.8 cm³/mol. The van der Waals surface area contributed by atoms with Crippen molar-refractivity contribution in [3.63, 3.8) is 0 Å². The van der Waals surface area contributed by atoms with Crippen molar-refractivity contribution in [2.75, 3.05) is 6.54 Å². The molecule has 0 fully saturated rings. The van der Waals surface area contributed by atoms with E-state index in [1.165, 1.54) is 6.07 Å². The zero-order valence-corrected chi connectivity index (χ0v) is 13.4. The summed E-state index contributed by atoms with van der Waals surface area (Å²) in [5, 5.41) is 2.81. The lowest BCUT2D eigenvalue weighted by atomic mass is 10.1. The number of halogens is 2. The second-order valence-corrected chi connectivity index (χ2v) is 5.84. The first kappa shape index (κ1) is 15.8. The summed E-state index contributed by atoms with van der Waals surface area (Å²) in [5.74, 6) is 1.57. The minimum absolute atomic E-state index is 0.137. The summed E-state index contributed by atoms with van der Waals surface area (Å²) in [6.45, 7) is 1.54. The van der Waals surface area contributed by atoms with Crippen molar-refractivity contribution in [1.29, 1.82) is 0 Å². The summed E-state index contributed by atoms with van der Waals surface area (Å²) in [5.41, 5.74) is 1.72. The first-order chi connectivity index (χ1) is 11.2. The molecule has 0 amide bonds. The topological polar surface area (TPSA) is 29.8 Å². The van der Waals surface area contributed by atoms with Gasteiger partial charge in [-0.3, -0.25) is 0 Å². The first-order valence-electron chi connectivity index (χ1n) is 7.62. The highest BCUT2D eigenvalue weighted by Gasteiger charge is 2.07. The van der Waals surface area contributed by atoms with Gasteiger partial charge in [0.2, 0.25) is 0 Å². The van der Waals surface area contributed by atoms with Crippen molar-refractivity contribution in [3.05, 3.63) is 82.8 Å². The van der Waals surface area contributed by atoms with Gasteiger partial charge in [0.15, 0.2) is 5.76 Å². The summed E-state index contributed by atoms with van der Waals surface area (Å²) in [6.07, 6.45) is 0.703. The molecule has 1 heterocycles. The van der Waals surface area contributed by atoms with Crippen LogP contribution in [0.2, 0.25) is 5.02 Å². The smallest absolute Gasteiger partial charge is 0.158 e. The highest BCUT2D eigenvalue weighted by molar-refractivity contribution is 6.30. The Kier molecular flexibility index (Phi) is 5.11. The maximum atomic E-state index is 13.5. The third-order valence-electron chi connectivity index (χ3n) is 3.69. The van der Waals surface area contributed by atoms with Gasteiger partial charge in [-0.15, -0.1) is 0 Å². The fourth-order valence-electron chi connectivity index (χ4n) is 2.49. The molecule has 0 aliphatic rings. The molecule has 2 nitrogen and oxygen atoms in total. The van der Waals surface area contributed by atoms with E-state index >= 15 is 0 Å². The van der Waals surface area contributed by atoms with Gasteiger partial charge >= 0.3 is 0 Å². The summed E-state index contributed by atoms with van der Waals surface area (Å²) in [6, 6.07) is 18.4. The second kappa shape index (κ2) is 7.44. The van der Waals surface area contributed by atoms with E-state index in [9.17, 15) is 4.39 Å². The van der Waals surface area contributed by atoms with E-state index in [4.69, 9.17) is 16.0 Å². The minimum Gasteiger partial charge on any atom is -0.455 e. The fourth-order valence-corrected chi connectivity index (χ4v) is 2.68. The van der Waals surface area contributed by atoms with Crippen LogP contribution in [0.25, 0.3) is 11.3 Å². The molecular weight excluding hydrogens is 313 g/mol. The average Bonchev–Trinajstić information content (AvgIpc) is 3.02. The number of furan rings is 1. The maximum Gasteiger partial charge on any atom is 0.158 e. The molecule has 4 heteroatoms. The Morgan fingerprint density at radius 1 is 1.00 bits per heavy atom. The maximum absolute atomic E-state index is 13.5. The van der Waals surface area contributed by atoms with Crippen LogP contribution in [0, 0.1) is 5.82 Å². The second-order valence-electron chi connectivity index (χ2n) is 5.40. The number of benzene rings is 2. The van der Waals surface area contributed by atoms with E-state index < -0.39 is 0 Å². The van der Waals surface area contributed by atoms with Gasteiger partial charge < -0.3 is 9.73 Å². The van der Waals surface area contributed by atoms with Gasteiger partial charge in [-0.05, 0) is 35.9 Å². The zero-order valence-electron chi connectivity index (χ0n) is 12.6. The molecule has 0 aliphatic heterocycles. The highest BCUT2D eigenvalue weighted by Crippen LogP contribution is 2.24. The number of quaternary nitrogens is 1. The summed E-state index contributed by atoms with van der Waals surface area (Å²) < 4.78 is 19.4. The Morgan fingerprint density at radius 3 is 2.70 bits per heavy atom. The lowest BCUT2D eigenvalue weighted by molar-refractivity contribution is -0.671. The number of hydrogen-bond acceptors (Lipinski definition) is 1. The molecule has 23 heavy (non-hydrogen) atoms. The SMILES string of the molecule is Fc1ccccc1CC[NH2+]Cc1ccc(-c2cccc(Cl)c2)o1. The molecule has 3 aromatic rings. The number of nitrogens with two attached hydrogens (primary N) is 1. The Morgan fingerprint density at radius 2 is 1.87 bits per heavy atom. The van der Waals surface area contributed by atoms with Gasteiger partial charge in [0.1, 0.15) is 18.1 Å². The normalized spacial score (nSPS) is 10.9. The molecule has 2 aromatic carbocycles. The molecule has 0 atom stereocenters. The van der Waals surface area contributed by atoms with Crippen LogP contribution >= 0.6 is 11.6 Å². The van der Waals surface area contributed by atoms with Gasteiger partial charge in [0.25, 0.3) is 0 Å². The van der Waals surface area contributed by atoms with Crippen molar-refractivity contribution in [2.24, 2.45) is 0 Å². The van der Waals surface area contributed by atoms with Crippen molar-refractivity contribution < 1.29 is 14.1 Å². The van der Waals surface area contributed by atoms with Crippen LogP contribution in [0.5, 0.6) is 0 Å². The highest BCUT2D eigenvalue weighted by atomic mass is 35.5. The van der Waals surface area contributed by atoms with Gasteiger partial charge in [0, 0.05) is 17.0 Å². The summed E-state index contributed by atoms with van der Waals surface area (Å²) in [4.78, 5) is 0. The van der Waals surface area contributed by atoms with Crippen LogP contribution in [-0.2, 0) is 13.0 Å². The fraction of sp³-hybridized carbons (Fsp3) is 0.158. The van der Waals surface area contributed by atoms with E-state index in [0.717, 1.165) is 35.7 Å². The van der Waals surface area contributed by atoms with Crippen LogP contribution in [-0.4, -0.2) is 6.54 Å². The molecule has 0 saturated carbocycles. The third kappa shape index (κ3) is 4.21. The van der Waals surface area contributed by atoms with Gasteiger partial charge in [0.05, 0.1) is 6.54 Å². The van der Waals surface area contributed by atoms with Crippen LogP contribution in [0.15, 0.2) is 65.1 Å². The molecular formula is C19H18ClFNO+. The minimum atomic E-state index is -0.137. The van der Waals surface area contributed by atoms with E-state index in [1.807, 2.05) is 48.5 Å². The molecule has 3 rings (SSSR count). The summed E-state index contributed by atoms with van der Waals surface area (Å²) in [7, 11) is 0. The zero-order chi connectivity index (χ0) is 16.1. The van der Waals surface area contributed by atoms with Crippen molar-refractivity contribution >= 4 is 11.6 Å². The number of hydrogen-bond donors (Lipinski definition) is 1.